The van der Waals surface area contributed by atoms with E-state index in [1.165, 1.54) is 33.4 Å². The number of benzene rings is 1. The first-order valence-electron chi connectivity index (χ1n) is 7.74. The number of hydrogen-bond acceptors (Lipinski definition) is 4. The molecule has 0 amide bonds. The zero-order chi connectivity index (χ0) is 14.2. The van der Waals surface area contributed by atoms with E-state index in [4.69, 9.17) is 4.74 Å². The molecule has 118 valence electrons. The average molecular weight is 338 g/mol. The van der Waals surface area contributed by atoms with E-state index in [2.05, 4.69) is 29.6 Å². The van der Waals surface area contributed by atoms with E-state index in [0.29, 0.717) is 0 Å². The number of ether oxygens (including phenoxy) is 1. The van der Waals surface area contributed by atoms with Crippen LogP contribution in [-0.4, -0.2) is 18.1 Å². The van der Waals surface area contributed by atoms with Gasteiger partial charge in [-0.2, -0.15) is 0 Å². The summed E-state index contributed by atoms with van der Waals surface area (Å²) in [4.78, 5) is 13.7. The largest absolute Gasteiger partial charge is 0.461 e. The van der Waals surface area contributed by atoms with Gasteiger partial charge in [-0.1, -0.05) is 18.2 Å². The van der Waals surface area contributed by atoms with Gasteiger partial charge in [0.1, 0.15) is 12.1 Å². The topological polar surface area (TPSA) is 38.3 Å². The molecule has 3 nitrogen and oxygen atoms in total. The summed E-state index contributed by atoms with van der Waals surface area (Å²) in [5.41, 5.74) is 1.34. The van der Waals surface area contributed by atoms with Gasteiger partial charge in [-0.05, 0) is 42.7 Å². The minimum atomic E-state index is -0.184. The lowest BCUT2D eigenvalue weighted by Crippen LogP contribution is -2.43. The molecule has 2 aliphatic rings. The monoisotopic (exact) mass is 337 g/mol. The Morgan fingerprint density at radius 1 is 1.23 bits per heavy atom. The molecule has 1 fully saturated rings. The number of nitrogens with one attached hydrogen (secondary N) is 1. The van der Waals surface area contributed by atoms with Crippen molar-refractivity contribution in [2.24, 2.45) is 0 Å². The Bertz CT molecular complexity index is 678. The lowest BCUT2D eigenvalue weighted by Gasteiger charge is -2.24. The third kappa shape index (κ3) is 2.87. The highest BCUT2D eigenvalue weighted by atomic mass is 35.5. The summed E-state index contributed by atoms with van der Waals surface area (Å²) in [7, 11) is 0. The standard InChI is InChI=1S/C17H19NO2S.ClH/c19-17(20-11-5-1-2-6-11)14-9-13-12-7-3-4-8-15(12)21-16(13)10-18-14;/h3-4,7-8,11,14,18H,1-2,5-6,9-10H2;1H/t14-;/m1./s1. The Balaban J connectivity index is 0.00000144. The maximum atomic E-state index is 12.3. The molecule has 1 saturated carbocycles. The quantitative estimate of drug-likeness (QED) is 0.846. The molecule has 0 unspecified atom stereocenters. The second kappa shape index (κ2) is 6.57. The molecule has 1 N–H and O–H groups in total. The van der Waals surface area contributed by atoms with Gasteiger partial charge in [-0.25, -0.2) is 0 Å². The van der Waals surface area contributed by atoms with Crippen molar-refractivity contribution in [2.75, 3.05) is 0 Å². The van der Waals surface area contributed by atoms with Gasteiger partial charge in [-0.15, -0.1) is 23.7 Å². The average Bonchev–Trinajstić information content (AvgIpc) is 3.13. The van der Waals surface area contributed by atoms with Crippen molar-refractivity contribution in [3.05, 3.63) is 34.7 Å². The van der Waals surface area contributed by atoms with Gasteiger partial charge in [0.2, 0.25) is 0 Å². The van der Waals surface area contributed by atoms with Crippen molar-refractivity contribution in [3.63, 3.8) is 0 Å². The molecule has 1 aromatic heterocycles. The third-order valence-corrected chi connectivity index (χ3v) is 5.78. The van der Waals surface area contributed by atoms with Crippen molar-refractivity contribution in [3.8, 4) is 0 Å². The molecule has 1 aliphatic heterocycles. The smallest absolute Gasteiger partial charge is 0.323 e. The van der Waals surface area contributed by atoms with Gasteiger partial charge >= 0.3 is 5.97 Å². The van der Waals surface area contributed by atoms with Crippen LogP contribution in [0.4, 0.5) is 0 Å². The second-order valence-corrected chi connectivity index (χ2v) is 7.12. The molecular formula is C17H20ClNO2S. The van der Waals surface area contributed by atoms with E-state index < -0.39 is 0 Å². The molecule has 1 aliphatic carbocycles. The second-order valence-electron chi connectivity index (χ2n) is 5.98. The lowest BCUT2D eigenvalue weighted by atomic mass is 9.99. The zero-order valence-electron chi connectivity index (χ0n) is 12.3. The number of halogens is 1. The molecule has 0 bridgehead atoms. The number of esters is 1. The number of thiophene rings is 1. The van der Waals surface area contributed by atoms with Gasteiger partial charge in [0.25, 0.3) is 0 Å². The molecule has 2 heterocycles. The first-order chi connectivity index (χ1) is 10.3. The summed E-state index contributed by atoms with van der Waals surface area (Å²) in [6.07, 6.45) is 5.35. The van der Waals surface area contributed by atoms with Gasteiger partial charge in [0.05, 0.1) is 0 Å². The van der Waals surface area contributed by atoms with Crippen LogP contribution in [0.15, 0.2) is 24.3 Å². The number of carbonyl (C=O) groups is 1. The van der Waals surface area contributed by atoms with Crippen LogP contribution in [0, 0.1) is 0 Å². The Kier molecular flexibility index (Phi) is 4.71. The van der Waals surface area contributed by atoms with Crippen LogP contribution in [-0.2, 0) is 22.5 Å². The summed E-state index contributed by atoms with van der Waals surface area (Å²) < 4.78 is 6.97. The Hall–Kier alpha value is -1.10. The molecule has 5 heteroatoms. The van der Waals surface area contributed by atoms with Gasteiger partial charge in [0, 0.05) is 22.5 Å². The SMILES string of the molecule is Cl.O=C(OC1CCCC1)[C@H]1Cc2c(sc3ccccc23)CN1. The van der Waals surface area contributed by atoms with Crippen LogP contribution in [0.25, 0.3) is 10.1 Å². The summed E-state index contributed by atoms with van der Waals surface area (Å²) in [5, 5.41) is 4.65. The highest BCUT2D eigenvalue weighted by Gasteiger charge is 2.30. The number of rotatable bonds is 2. The van der Waals surface area contributed by atoms with Crippen molar-refractivity contribution >= 4 is 39.8 Å². The van der Waals surface area contributed by atoms with Crippen LogP contribution in [0.5, 0.6) is 0 Å². The molecule has 0 radical (unpaired) electrons. The predicted octanol–water partition coefficient (Wildman–Crippen LogP) is 3.82. The van der Waals surface area contributed by atoms with E-state index in [1.807, 2.05) is 11.3 Å². The fraction of sp³-hybridized carbons (Fsp3) is 0.471. The first kappa shape index (κ1) is 15.8. The van der Waals surface area contributed by atoms with Crippen molar-refractivity contribution in [1.29, 1.82) is 0 Å². The fourth-order valence-corrected chi connectivity index (χ4v) is 4.61. The van der Waals surface area contributed by atoms with E-state index in [-0.39, 0.29) is 30.5 Å². The maximum absolute atomic E-state index is 12.3. The van der Waals surface area contributed by atoms with Crippen LogP contribution in [0.1, 0.15) is 36.1 Å². The van der Waals surface area contributed by atoms with E-state index in [0.717, 1.165) is 25.8 Å². The molecular weight excluding hydrogens is 318 g/mol. The van der Waals surface area contributed by atoms with Gasteiger partial charge < -0.3 is 4.74 Å². The molecule has 0 saturated heterocycles. The van der Waals surface area contributed by atoms with Crippen LogP contribution in [0.3, 0.4) is 0 Å². The summed E-state index contributed by atoms with van der Waals surface area (Å²) in [6, 6.07) is 8.28. The highest BCUT2D eigenvalue weighted by molar-refractivity contribution is 7.19. The van der Waals surface area contributed by atoms with Crippen LogP contribution in [0.2, 0.25) is 0 Å². The minimum Gasteiger partial charge on any atom is -0.461 e. The molecule has 22 heavy (non-hydrogen) atoms. The Morgan fingerprint density at radius 3 is 2.82 bits per heavy atom. The summed E-state index contributed by atoms with van der Waals surface area (Å²) in [6.45, 7) is 0.777. The van der Waals surface area contributed by atoms with Crippen LogP contribution < -0.4 is 5.32 Å². The van der Waals surface area contributed by atoms with Crippen molar-refractivity contribution in [1.82, 2.24) is 5.32 Å². The van der Waals surface area contributed by atoms with Crippen LogP contribution >= 0.6 is 23.7 Å². The van der Waals surface area contributed by atoms with E-state index in [9.17, 15) is 4.79 Å². The molecule has 4 rings (SSSR count). The minimum absolute atomic E-state index is 0. The molecule has 1 aromatic carbocycles. The fourth-order valence-electron chi connectivity index (χ4n) is 3.43. The lowest BCUT2D eigenvalue weighted by molar-refractivity contribution is -0.151. The zero-order valence-corrected chi connectivity index (χ0v) is 14.0. The number of fused-ring (bicyclic) bond motifs is 3. The van der Waals surface area contributed by atoms with Crippen molar-refractivity contribution < 1.29 is 9.53 Å². The number of carbonyl (C=O) groups excluding carboxylic acids is 1. The first-order valence-corrected chi connectivity index (χ1v) is 8.56. The van der Waals surface area contributed by atoms with Crippen molar-refractivity contribution in [2.45, 2.75) is 50.8 Å². The maximum Gasteiger partial charge on any atom is 0.323 e. The van der Waals surface area contributed by atoms with Gasteiger partial charge in [0.15, 0.2) is 0 Å². The van der Waals surface area contributed by atoms with Gasteiger partial charge in [-0.3, -0.25) is 10.1 Å². The molecule has 2 aromatic rings. The third-order valence-electron chi connectivity index (χ3n) is 4.57. The predicted molar refractivity (Wildman–Crippen MR) is 91.8 cm³/mol. The van der Waals surface area contributed by atoms with E-state index >= 15 is 0 Å². The summed E-state index contributed by atoms with van der Waals surface area (Å²) in [5.74, 6) is -0.0668. The molecule has 0 spiro atoms. The normalized spacial score (nSPS) is 21.4. The molecule has 1 atom stereocenters. The Morgan fingerprint density at radius 2 is 2.00 bits per heavy atom. The number of hydrogen-bond donors (Lipinski definition) is 1. The summed E-state index contributed by atoms with van der Waals surface area (Å²) >= 11 is 1.83. The van der Waals surface area contributed by atoms with E-state index in [1.54, 1.807) is 0 Å². The highest BCUT2D eigenvalue weighted by Crippen LogP contribution is 2.34. The Labute approximate surface area is 140 Å².